The minimum Gasteiger partial charge on any atom is -0.465 e. The second kappa shape index (κ2) is 43.0. The van der Waals surface area contributed by atoms with Gasteiger partial charge in [0.15, 0.2) is 0 Å². The molecule has 0 aromatic rings. The Balaban J connectivity index is -0.0000000548. The first kappa shape index (κ1) is 31.5. The second-order valence-corrected chi connectivity index (χ2v) is 3.02. The molecule has 0 amide bonds. The van der Waals surface area contributed by atoms with E-state index in [1.165, 1.54) is 6.08 Å². The van der Waals surface area contributed by atoms with Gasteiger partial charge < -0.3 is 32.4 Å². The Hall–Kier alpha value is 0.0931. The van der Waals surface area contributed by atoms with Crippen molar-refractivity contribution >= 4 is 5.97 Å². The van der Waals surface area contributed by atoms with Crippen LogP contribution in [0.15, 0.2) is 12.2 Å². The average Bonchev–Trinajstić information content (AvgIpc) is 2.30. The molecule has 0 spiro atoms. The summed E-state index contributed by atoms with van der Waals surface area (Å²) in [7, 11) is 0. The summed E-state index contributed by atoms with van der Waals surface area (Å²) >= 11 is 0. The van der Waals surface area contributed by atoms with Crippen molar-refractivity contribution in [2.75, 3.05) is 6.61 Å². The van der Waals surface area contributed by atoms with E-state index in [0.717, 1.165) is 19.3 Å². The first-order chi connectivity index (χ1) is 8.55. The molecule has 0 bridgehead atoms. The van der Waals surface area contributed by atoms with Crippen molar-refractivity contribution in [1.29, 1.82) is 0 Å². The monoisotopic (exact) mass is 346 g/mol. The number of hydrogen-bond acceptors (Lipinski definition) is 2. The van der Waals surface area contributed by atoms with Crippen LogP contribution in [0, 0.1) is 27.7 Å². The van der Waals surface area contributed by atoms with Crippen molar-refractivity contribution < 1.29 is 35.7 Å². The third kappa shape index (κ3) is 93.1. The Morgan fingerprint density at radius 2 is 1.32 bits per heavy atom. The zero-order chi connectivity index (χ0) is 15.2. The summed E-state index contributed by atoms with van der Waals surface area (Å²) in [4.78, 5) is 10.5. The maximum absolute atomic E-state index is 10.5. The summed E-state index contributed by atoms with van der Waals surface area (Å²) in [6.45, 7) is 22.2. The number of esters is 1. The first-order valence-corrected chi connectivity index (χ1v) is 6.52. The van der Waals surface area contributed by atoms with Gasteiger partial charge in [0.2, 0.25) is 0 Å². The number of ether oxygens (including phenoxy) is 1. The van der Waals surface area contributed by atoms with Crippen LogP contribution in [0.4, 0.5) is 0 Å². The molecule has 0 aromatic carbocycles. The summed E-state index contributed by atoms with van der Waals surface area (Å²) in [6.07, 6.45) is 6.66. The Morgan fingerprint density at radius 1 is 1.00 bits per heavy atom. The number of carbonyl (C=O) groups is 1. The molecule has 0 aromatic heterocycles. The van der Waals surface area contributed by atoms with Crippen molar-refractivity contribution in [1.82, 2.24) is 0 Å². The van der Waals surface area contributed by atoms with Gasteiger partial charge in [0, 0.05) is 6.08 Å². The normalized spacial score (nSPS) is 7.58. The molecular weight excluding hydrogens is 315 g/mol. The van der Waals surface area contributed by atoms with Gasteiger partial charge in [-0.1, -0.05) is 26.8 Å². The first-order valence-electron chi connectivity index (χ1n) is 6.52. The minimum absolute atomic E-state index is 0. The molecule has 112 valence electrons. The van der Waals surface area contributed by atoms with Crippen LogP contribution in [0.5, 0.6) is 0 Å². The Bertz CT molecular complexity index is 141. The standard InChI is InChI=1S/C7H11O2.3C3H7.Zr/c1-3-5-7(8)9-6-4-2;3*1-3-2;/h3,5H,2,4,6H2,1H3;3*1,3H2,2H3;/q4*-1;+4. The predicted octanol–water partition coefficient (Wildman–Crippen LogP) is 5.02. The van der Waals surface area contributed by atoms with Crippen LogP contribution in [0.25, 0.3) is 0 Å². The molecule has 0 aliphatic rings. The SMILES string of the molecule is [CH2-]CC.[CH2-]CC.[CH2-]CC.[CH2-]CCOC(=O)C=CC.[Zr+4]. The summed E-state index contributed by atoms with van der Waals surface area (Å²) in [5, 5.41) is 0. The average molecular weight is 348 g/mol. The number of hydrogen-bond donors (Lipinski definition) is 0. The molecule has 0 aliphatic heterocycles. The van der Waals surface area contributed by atoms with Gasteiger partial charge in [-0.05, 0) is 6.92 Å². The van der Waals surface area contributed by atoms with Gasteiger partial charge in [-0.3, -0.25) is 0 Å². The molecule has 0 N–H and O–H groups in total. The third-order valence-electron chi connectivity index (χ3n) is 0.691. The molecule has 0 atom stereocenters. The van der Waals surface area contributed by atoms with Crippen molar-refractivity contribution in [2.45, 2.75) is 53.4 Å². The fourth-order valence-electron chi connectivity index (χ4n) is 0.357. The van der Waals surface area contributed by atoms with Gasteiger partial charge in [-0.25, -0.2) is 4.79 Å². The molecule has 2 nitrogen and oxygen atoms in total. The fourth-order valence-corrected chi connectivity index (χ4v) is 0.357. The van der Waals surface area contributed by atoms with E-state index in [9.17, 15) is 4.79 Å². The summed E-state index contributed by atoms with van der Waals surface area (Å²) in [5.41, 5.74) is 0. The quantitative estimate of drug-likeness (QED) is 0.407. The van der Waals surface area contributed by atoms with Crippen LogP contribution in [-0.2, 0) is 35.7 Å². The molecule has 0 aliphatic carbocycles. The van der Waals surface area contributed by atoms with Gasteiger partial charge in [0.25, 0.3) is 0 Å². The van der Waals surface area contributed by atoms with E-state index in [0.29, 0.717) is 13.0 Å². The molecule has 0 unspecified atom stereocenters. The van der Waals surface area contributed by atoms with Crippen LogP contribution >= 0.6 is 0 Å². The van der Waals surface area contributed by atoms with Crippen molar-refractivity contribution in [3.63, 3.8) is 0 Å². The summed E-state index contributed by atoms with van der Waals surface area (Å²) in [5.74, 6) is -0.291. The van der Waals surface area contributed by atoms with Crippen molar-refractivity contribution in [2.24, 2.45) is 0 Å². The summed E-state index contributed by atoms with van der Waals surface area (Å²) in [6, 6.07) is 0. The second-order valence-electron chi connectivity index (χ2n) is 3.02. The van der Waals surface area contributed by atoms with E-state index in [-0.39, 0.29) is 32.2 Å². The molecular formula is C16H32O2Zr. The molecule has 0 saturated carbocycles. The zero-order valence-electron chi connectivity index (χ0n) is 13.3. The smallest absolute Gasteiger partial charge is 0.465 e. The largest absolute Gasteiger partial charge is 4.00 e. The molecule has 0 rings (SSSR count). The Kier molecular flexibility index (Phi) is 71.2. The Labute approximate surface area is 141 Å². The third-order valence-corrected chi connectivity index (χ3v) is 0.691. The number of carbonyl (C=O) groups excluding carboxylic acids is 1. The summed E-state index contributed by atoms with van der Waals surface area (Å²) < 4.78 is 4.64. The van der Waals surface area contributed by atoms with Gasteiger partial charge in [0.1, 0.15) is 0 Å². The van der Waals surface area contributed by atoms with Gasteiger partial charge in [-0.2, -0.15) is 19.3 Å². The topological polar surface area (TPSA) is 26.3 Å². The van der Waals surface area contributed by atoms with Crippen LogP contribution in [0.3, 0.4) is 0 Å². The van der Waals surface area contributed by atoms with E-state index < -0.39 is 0 Å². The van der Waals surface area contributed by atoms with E-state index in [1.807, 2.05) is 20.8 Å². The minimum atomic E-state index is -0.291. The van der Waals surface area contributed by atoms with E-state index >= 15 is 0 Å². The van der Waals surface area contributed by atoms with Crippen molar-refractivity contribution in [3.05, 3.63) is 39.8 Å². The maximum atomic E-state index is 10.5. The zero-order valence-corrected chi connectivity index (χ0v) is 15.8. The van der Waals surface area contributed by atoms with Crippen LogP contribution in [0.2, 0.25) is 0 Å². The molecule has 0 radical (unpaired) electrons. The van der Waals surface area contributed by atoms with Crippen molar-refractivity contribution in [3.8, 4) is 0 Å². The number of allylic oxidation sites excluding steroid dienone is 1. The van der Waals surface area contributed by atoms with E-state index in [4.69, 9.17) is 0 Å². The van der Waals surface area contributed by atoms with Crippen LogP contribution < -0.4 is 0 Å². The van der Waals surface area contributed by atoms with Gasteiger partial charge >= 0.3 is 32.2 Å². The van der Waals surface area contributed by atoms with Crippen LogP contribution in [-0.4, -0.2) is 12.6 Å². The predicted molar refractivity (Wildman–Crippen MR) is 82.7 cm³/mol. The van der Waals surface area contributed by atoms with Gasteiger partial charge in [0.05, 0.1) is 6.61 Å². The fraction of sp³-hybridized carbons (Fsp3) is 0.562. The molecule has 0 saturated heterocycles. The number of rotatable bonds is 3. The molecule has 0 heterocycles. The van der Waals surface area contributed by atoms with Gasteiger partial charge in [-0.15, -0.1) is 6.42 Å². The maximum Gasteiger partial charge on any atom is 4.00 e. The van der Waals surface area contributed by atoms with Crippen LogP contribution in [0.1, 0.15) is 53.4 Å². The van der Waals surface area contributed by atoms with E-state index in [1.54, 1.807) is 13.0 Å². The molecule has 0 fully saturated rings. The molecule has 3 heteroatoms. The Morgan fingerprint density at radius 3 is 1.53 bits per heavy atom. The van der Waals surface area contributed by atoms with E-state index in [2.05, 4.69) is 32.4 Å². The molecule has 19 heavy (non-hydrogen) atoms.